The number of aliphatic imine (C=N–C) groups is 1. The minimum atomic E-state index is 0.300. The maximum Gasteiger partial charge on any atom is 0.0630 e. The minimum Gasteiger partial charge on any atom is -0.378 e. The summed E-state index contributed by atoms with van der Waals surface area (Å²) in [5.74, 6) is 1.04. The van der Waals surface area contributed by atoms with E-state index in [0.29, 0.717) is 27.9 Å². The van der Waals surface area contributed by atoms with Crippen molar-refractivity contribution in [1.82, 2.24) is 0 Å². The number of allylic oxidation sites excluding steroid dienone is 2. The van der Waals surface area contributed by atoms with Crippen LogP contribution in [-0.4, -0.2) is 6.21 Å². The van der Waals surface area contributed by atoms with Gasteiger partial charge >= 0.3 is 0 Å². The number of halogens is 2. The van der Waals surface area contributed by atoms with Gasteiger partial charge in [0.25, 0.3) is 0 Å². The molecule has 4 heteroatoms. The highest BCUT2D eigenvalue weighted by Gasteiger charge is 2.37. The largest absolute Gasteiger partial charge is 0.378 e. The molecule has 0 aromatic heterocycles. The quantitative estimate of drug-likeness (QED) is 0.344. The average molecular weight is 419 g/mol. The molecule has 3 aromatic rings. The van der Waals surface area contributed by atoms with Crippen molar-refractivity contribution in [3.8, 4) is 0 Å². The van der Waals surface area contributed by atoms with Crippen molar-refractivity contribution in [2.75, 3.05) is 5.32 Å². The number of hydrogen-bond donors (Lipinski definition) is 1. The maximum absolute atomic E-state index is 6.23. The second-order valence-corrected chi connectivity index (χ2v) is 8.42. The van der Waals surface area contributed by atoms with Crippen LogP contribution in [0.1, 0.15) is 35.1 Å². The Hall–Kier alpha value is -2.55. The standard InChI is InChI=1S/C25H20Cl2N2/c26-18-11-8-17(23(27)14-18)15-28-19-12-9-16(10-13-19)25-22-6-3-5-20(22)21-4-1-2-7-24(21)29-25/h1-5,7-15,20,22,25,29H,6H2. The van der Waals surface area contributed by atoms with E-state index in [0.717, 1.165) is 17.7 Å². The third kappa shape index (κ3) is 3.59. The molecule has 1 aliphatic carbocycles. The number of nitrogens with one attached hydrogen (secondary N) is 1. The van der Waals surface area contributed by atoms with Gasteiger partial charge in [0.15, 0.2) is 0 Å². The predicted octanol–water partition coefficient (Wildman–Crippen LogP) is 7.57. The second kappa shape index (κ2) is 7.70. The van der Waals surface area contributed by atoms with Crippen molar-refractivity contribution in [1.29, 1.82) is 0 Å². The first-order valence-electron chi connectivity index (χ1n) is 9.80. The topological polar surface area (TPSA) is 24.4 Å². The van der Waals surface area contributed by atoms with Crippen LogP contribution in [0.2, 0.25) is 10.0 Å². The lowest BCUT2D eigenvalue weighted by molar-refractivity contribution is 0.425. The summed E-state index contributed by atoms with van der Waals surface area (Å²) in [7, 11) is 0. The van der Waals surface area contributed by atoms with Crippen LogP contribution in [0.4, 0.5) is 11.4 Å². The van der Waals surface area contributed by atoms with Gasteiger partial charge in [0.1, 0.15) is 0 Å². The molecule has 144 valence electrons. The molecule has 0 spiro atoms. The zero-order chi connectivity index (χ0) is 19.8. The molecule has 0 bridgehead atoms. The molecular formula is C25H20Cl2N2. The van der Waals surface area contributed by atoms with Gasteiger partial charge in [0.05, 0.1) is 16.8 Å². The van der Waals surface area contributed by atoms with Crippen LogP contribution >= 0.6 is 23.2 Å². The lowest BCUT2D eigenvalue weighted by atomic mass is 9.77. The van der Waals surface area contributed by atoms with Crippen LogP contribution in [0.3, 0.4) is 0 Å². The van der Waals surface area contributed by atoms with Crippen LogP contribution in [0, 0.1) is 5.92 Å². The minimum absolute atomic E-state index is 0.300. The van der Waals surface area contributed by atoms with Gasteiger partial charge in [-0.3, -0.25) is 4.99 Å². The van der Waals surface area contributed by atoms with Crippen LogP contribution in [0.25, 0.3) is 0 Å². The summed E-state index contributed by atoms with van der Waals surface area (Å²) in [6.45, 7) is 0. The van der Waals surface area contributed by atoms with Crippen LogP contribution in [-0.2, 0) is 0 Å². The number of para-hydroxylation sites is 1. The Morgan fingerprint density at radius 2 is 1.79 bits per heavy atom. The molecule has 1 aliphatic heterocycles. The van der Waals surface area contributed by atoms with E-state index in [1.165, 1.54) is 16.8 Å². The van der Waals surface area contributed by atoms with Crippen molar-refractivity contribution < 1.29 is 0 Å². The molecule has 3 aromatic carbocycles. The normalized spacial score (nSPS) is 22.3. The van der Waals surface area contributed by atoms with E-state index in [1.807, 2.05) is 12.1 Å². The Labute approximate surface area is 180 Å². The highest BCUT2D eigenvalue weighted by atomic mass is 35.5. The van der Waals surface area contributed by atoms with E-state index in [2.05, 4.69) is 71.0 Å². The lowest BCUT2D eigenvalue weighted by Gasteiger charge is -2.37. The summed E-state index contributed by atoms with van der Waals surface area (Å²) in [5.41, 5.74) is 5.69. The monoisotopic (exact) mass is 418 g/mol. The number of benzene rings is 3. The van der Waals surface area contributed by atoms with E-state index < -0.39 is 0 Å². The molecule has 0 radical (unpaired) electrons. The molecule has 29 heavy (non-hydrogen) atoms. The van der Waals surface area contributed by atoms with E-state index in [1.54, 1.807) is 12.3 Å². The average Bonchev–Trinajstić information content (AvgIpc) is 3.23. The number of hydrogen-bond acceptors (Lipinski definition) is 2. The van der Waals surface area contributed by atoms with Gasteiger partial charge in [-0.1, -0.05) is 71.8 Å². The second-order valence-electron chi connectivity index (χ2n) is 7.58. The van der Waals surface area contributed by atoms with Crippen molar-refractivity contribution >= 4 is 40.8 Å². The lowest BCUT2D eigenvalue weighted by Crippen LogP contribution is -2.28. The molecule has 1 N–H and O–H groups in total. The molecule has 0 saturated carbocycles. The smallest absolute Gasteiger partial charge is 0.0630 e. The van der Waals surface area contributed by atoms with Gasteiger partial charge in [-0.2, -0.15) is 0 Å². The SMILES string of the molecule is Clc1ccc(C=Nc2ccc(C3Nc4ccccc4C4C=CCC43)cc2)c(Cl)c1. The fraction of sp³-hybridized carbons (Fsp3) is 0.160. The molecule has 2 aliphatic rings. The van der Waals surface area contributed by atoms with Crippen molar-refractivity contribution in [2.45, 2.75) is 18.4 Å². The number of fused-ring (bicyclic) bond motifs is 3. The molecule has 0 amide bonds. The highest BCUT2D eigenvalue weighted by Crippen LogP contribution is 2.49. The molecular weight excluding hydrogens is 399 g/mol. The summed E-state index contributed by atoms with van der Waals surface area (Å²) >= 11 is 12.2. The molecule has 0 saturated heterocycles. The molecule has 3 unspecified atom stereocenters. The number of rotatable bonds is 3. The summed E-state index contributed by atoms with van der Waals surface area (Å²) < 4.78 is 0. The first-order valence-corrected chi connectivity index (χ1v) is 10.6. The van der Waals surface area contributed by atoms with Crippen molar-refractivity contribution in [3.05, 3.63) is 106 Å². The Balaban J connectivity index is 1.38. The van der Waals surface area contributed by atoms with E-state index in [4.69, 9.17) is 23.2 Å². The Morgan fingerprint density at radius 3 is 2.62 bits per heavy atom. The van der Waals surface area contributed by atoms with Gasteiger partial charge < -0.3 is 5.32 Å². The summed E-state index contributed by atoms with van der Waals surface area (Å²) in [6.07, 6.45) is 7.57. The highest BCUT2D eigenvalue weighted by molar-refractivity contribution is 6.36. The van der Waals surface area contributed by atoms with E-state index >= 15 is 0 Å². The third-order valence-electron chi connectivity index (χ3n) is 5.84. The summed E-state index contributed by atoms with van der Waals surface area (Å²) in [5, 5.41) is 4.99. The third-order valence-corrected chi connectivity index (χ3v) is 6.40. The molecule has 2 nitrogen and oxygen atoms in total. The van der Waals surface area contributed by atoms with Crippen molar-refractivity contribution in [2.24, 2.45) is 10.9 Å². The van der Waals surface area contributed by atoms with Gasteiger partial charge in [-0.05, 0) is 53.8 Å². The van der Waals surface area contributed by atoms with E-state index in [-0.39, 0.29) is 0 Å². The predicted molar refractivity (Wildman–Crippen MR) is 123 cm³/mol. The van der Waals surface area contributed by atoms with Gasteiger partial charge in [0.2, 0.25) is 0 Å². The zero-order valence-electron chi connectivity index (χ0n) is 15.7. The van der Waals surface area contributed by atoms with E-state index in [9.17, 15) is 0 Å². The van der Waals surface area contributed by atoms with Crippen LogP contribution < -0.4 is 5.32 Å². The molecule has 0 fully saturated rings. The summed E-state index contributed by atoms with van der Waals surface area (Å²) in [4.78, 5) is 4.57. The zero-order valence-corrected chi connectivity index (χ0v) is 17.2. The first kappa shape index (κ1) is 18.5. The number of anilines is 1. The van der Waals surface area contributed by atoms with Crippen LogP contribution in [0.15, 0.2) is 83.9 Å². The van der Waals surface area contributed by atoms with Gasteiger partial charge in [-0.15, -0.1) is 0 Å². The fourth-order valence-corrected chi connectivity index (χ4v) is 4.85. The van der Waals surface area contributed by atoms with Crippen molar-refractivity contribution in [3.63, 3.8) is 0 Å². The fourth-order valence-electron chi connectivity index (χ4n) is 4.39. The molecule has 5 rings (SSSR count). The first-order chi connectivity index (χ1) is 14.2. The molecule has 1 heterocycles. The Kier molecular flexibility index (Phi) is 4.91. The molecule has 3 atom stereocenters. The Bertz CT molecular complexity index is 1100. The van der Waals surface area contributed by atoms with Gasteiger partial charge in [-0.25, -0.2) is 0 Å². The van der Waals surface area contributed by atoms with Crippen LogP contribution in [0.5, 0.6) is 0 Å². The Morgan fingerprint density at radius 1 is 0.966 bits per heavy atom. The summed E-state index contributed by atoms with van der Waals surface area (Å²) in [6, 6.07) is 22.9. The van der Waals surface area contributed by atoms with Gasteiger partial charge in [0, 0.05) is 28.4 Å². The number of nitrogens with zero attached hydrogens (tertiary/aromatic N) is 1. The maximum atomic E-state index is 6.23.